The fraction of sp³-hybridized carbons (Fsp3) is 0.500. The van der Waals surface area contributed by atoms with Crippen LogP contribution >= 0.6 is 0 Å². The first-order valence-corrected chi connectivity index (χ1v) is 5.37. The van der Waals surface area contributed by atoms with Crippen LogP contribution in [0.3, 0.4) is 0 Å². The molecule has 0 atom stereocenters. The van der Waals surface area contributed by atoms with E-state index in [1.165, 1.54) is 0 Å². The third-order valence-electron chi connectivity index (χ3n) is 1.93. The van der Waals surface area contributed by atoms with Gasteiger partial charge in [-0.1, -0.05) is 6.92 Å². The summed E-state index contributed by atoms with van der Waals surface area (Å²) in [5.41, 5.74) is 1.38. The van der Waals surface area contributed by atoms with E-state index in [2.05, 4.69) is 11.9 Å². The Kier molecular flexibility index (Phi) is 6.16. The van der Waals surface area contributed by atoms with Gasteiger partial charge >= 0.3 is 0 Å². The molecule has 0 N–H and O–H groups in total. The Labute approximate surface area is 95.8 Å². The van der Waals surface area contributed by atoms with Gasteiger partial charge in [-0.05, 0) is 24.1 Å². The van der Waals surface area contributed by atoms with Crippen molar-refractivity contribution in [2.45, 2.75) is 20.0 Å². The summed E-state index contributed by atoms with van der Waals surface area (Å²) in [6, 6.07) is 5.56. The number of hydrogen-bond donors (Lipinski definition) is 0. The highest BCUT2D eigenvalue weighted by atomic mass is 16.5. The minimum atomic E-state index is 0.420. The van der Waals surface area contributed by atoms with Crippen LogP contribution in [-0.4, -0.2) is 24.8 Å². The van der Waals surface area contributed by atoms with Gasteiger partial charge < -0.3 is 9.47 Å². The van der Waals surface area contributed by atoms with Gasteiger partial charge in [0.25, 0.3) is 0 Å². The van der Waals surface area contributed by atoms with Crippen LogP contribution in [0.1, 0.15) is 24.6 Å². The summed E-state index contributed by atoms with van der Waals surface area (Å²) in [6.07, 6.45) is 2.64. The molecule has 0 aromatic carbocycles. The molecule has 0 amide bonds. The Balaban J connectivity index is 2.19. The smallest absolute Gasteiger partial charge is 0.140 e. The van der Waals surface area contributed by atoms with Crippen LogP contribution in [0.5, 0.6) is 0 Å². The van der Waals surface area contributed by atoms with E-state index in [9.17, 15) is 0 Å². The summed E-state index contributed by atoms with van der Waals surface area (Å²) >= 11 is 0. The molecule has 1 aromatic rings. The van der Waals surface area contributed by atoms with Crippen LogP contribution in [0.2, 0.25) is 0 Å². The average molecular weight is 220 g/mol. The number of aromatic nitrogens is 1. The van der Waals surface area contributed by atoms with Crippen LogP contribution < -0.4 is 0 Å². The molecule has 86 valence electrons. The first-order chi connectivity index (χ1) is 7.86. The van der Waals surface area contributed by atoms with E-state index in [4.69, 9.17) is 14.7 Å². The Bertz CT molecular complexity index is 347. The lowest BCUT2D eigenvalue weighted by Crippen LogP contribution is -2.05. The van der Waals surface area contributed by atoms with Gasteiger partial charge in [0, 0.05) is 12.8 Å². The van der Waals surface area contributed by atoms with Crippen LogP contribution in [0.15, 0.2) is 18.3 Å². The average Bonchev–Trinajstić information content (AvgIpc) is 2.34. The lowest BCUT2D eigenvalue weighted by molar-refractivity contribution is 0.0408. The highest BCUT2D eigenvalue weighted by molar-refractivity contribution is 5.24. The number of rotatable bonds is 7. The van der Waals surface area contributed by atoms with Gasteiger partial charge in [-0.15, -0.1) is 0 Å². The number of pyridine rings is 1. The summed E-state index contributed by atoms with van der Waals surface area (Å²) in [6.45, 7) is 4.53. The third-order valence-corrected chi connectivity index (χ3v) is 1.93. The molecule has 1 heterocycles. The number of nitriles is 1. The monoisotopic (exact) mass is 220 g/mol. The van der Waals surface area contributed by atoms with E-state index in [1.54, 1.807) is 12.3 Å². The molecule has 4 nitrogen and oxygen atoms in total. The maximum Gasteiger partial charge on any atom is 0.140 e. The highest BCUT2D eigenvalue weighted by Crippen LogP contribution is 2.02. The topological polar surface area (TPSA) is 55.1 Å². The molecule has 1 aromatic heterocycles. The van der Waals surface area contributed by atoms with Crippen molar-refractivity contribution in [3.8, 4) is 6.07 Å². The third kappa shape index (κ3) is 4.87. The van der Waals surface area contributed by atoms with E-state index in [0.717, 1.165) is 18.6 Å². The van der Waals surface area contributed by atoms with Gasteiger partial charge in [0.1, 0.15) is 11.8 Å². The van der Waals surface area contributed by atoms with Crippen molar-refractivity contribution < 1.29 is 9.47 Å². The van der Waals surface area contributed by atoms with Crippen molar-refractivity contribution in [3.63, 3.8) is 0 Å². The molecule has 0 aliphatic rings. The highest BCUT2D eigenvalue weighted by Gasteiger charge is 1.96. The SMILES string of the molecule is CCCOCCOCc1ccnc(C#N)c1. The standard InChI is InChI=1S/C12H16N2O2/c1-2-5-15-6-7-16-10-11-3-4-14-12(8-11)9-13/h3-4,8H,2,5-7,10H2,1H3. The first kappa shape index (κ1) is 12.6. The minimum absolute atomic E-state index is 0.420. The molecule has 1 rings (SSSR count). The zero-order valence-corrected chi connectivity index (χ0v) is 9.48. The maximum absolute atomic E-state index is 8.66. The molecule has 0 unspecified atom stereocenters. The molecule has 0 aliphatic heterocycles. The van der Waals surface area contributed by atoms with Crippen LogP contribution in [0, 0.1) is 11.3 Å². The van der Waals surface area contributed by atoms with Gasteiger partial charge in [0.15, 0.2) is 0 Å². The minimum Gasteiger partial charge on any atom is -0.379 e. The lowest BCUT2D eigenvalue weighted by Gasteiger charge is -2.05. The van der Waals surface area contributed by atoms with E-state index in [1.807, 2.05) is 12.1 Å². The molecule has 0 spiro atoms. The predicted octanol–water partition coefficient (Wildman–Crippen LogP) is 1.90. The Morgan fingerprint density at radius 1 is 1.31 bits per heavy atom. The van der Waals surface area contributed by atoms with Crippen molar-refractivity contribution >= 4 is 0 Å². The summed E-state index contributed by atoms with van der Waals surface area (Å²) in [7, 11) is 0. The molecule has 0 bridgehead atoms. The van der Waals surface area contributed by atoms with E-state index < -0.39 is 0 Å². The van der Waals surface area contributed by atoms with Crippen molar-refractivity contribution in [1.29, 1.82) is 5.26 Å². The molecule has 0 aliphatic carbocycles. The predicted molar refractivity (Wildman–Crippen MR) is 59.7 cm³/mol. The van der Waals surface area contributed by atoms with Gasteiger partial charge in [-0.2, -0.15) is 5.26 Å². The van der Waals surface area contributed by atoms with Gasteiger partial charge in [-0.25, -0.2) is 4.98 Å². The van der Waals surface area contributed by atoms with Gasteiger partial charge in [0.05, 0.1) is 19.8 Å². The van der Waals surface area contributed by atoms with E-state index >= 15 is 0 Å². The Hall–Kier alpha value is -1.44. The Morgan fingerprint density at radius 3 is 2.88 bits per heavy atom. The first-order valence-electron chi connectivity index (χ1n) is 5.37. The van der Waals surface area contributed by atoms with Crippen molar-refractivity contribution in [2.75, 3.05) is 19.8 Å². The molecule has 0 radical (unpaired) electrons. The Morgan fingerprint density at radius 2 is 2.12 bits per heavy atom. The zero-order chi connectivity index (χ0) is 11.6. The van der Waals surface area contributed by atoms with Crippen molar-refractivity contribution in [1.82, 2.24) is 4.98 Å². The molecule has 0 fully saturated rings. The second kappa shape index (κ2) is 7.80. The summed E-state index contributed by atoms with van der Waals surface area (Å²) in [5, 5.41) is 8.66. The lowest BCUT2D eigenvalue weighted by atomic mass is 10.2. The largest absolute Gasteiger partial charge is 0.379 e. The van der Waals surface area contributed by atoms with Crippen molar-refractivity contribution in [3.05, 3.63) is 29.6 Å². The van der Waals surface area contributed by atoms with Crippen LogP contribution in [0.4, 0.5) is 0 Å². The van der Waals surface area contributed by atoms with E-state index in [-0.39, 0.29) is 0 Å². The fourth-order valence-electron chi connectivity index (χ4n) is 1.18. The van der Waals surface area contributed by atoms with Gasteiger partial charge in [-0.3, -0.25) is 0 Å². The second-order valence-electron chi connectivity index (χ2n) is 3.33. The number of hydrogen-bond acceptors (Lipinski definition) is 4. The fourth-order valence-corrected chi connectivity index (χ4v) is 1.18. The molecular weight excluding hydrogens is 204 g/mol. The molecular formula is C12H16N2O2. The summed E-state index contributed by atoms with van der Waals surface area (Å²) in [5.74, 6) is 0. The molecule has 16 heavy (non-hydrogen) atoms. The summed E-state index contributed by atoms with van der Waals surface area (Å²) < 4.78 is 10.7. The number of nitrogens with zero attached hydrogens (tertiary/aromatic N) is 2. The molecule has 4 heteroatoms. The summed E-state index contributed by atoms with van der Waals surface area (Å²) in [4.78, 5) is 3.89. The molecule has 0 saturated carbocycles. The van der Waals surface area contributed by atoms with Gasteiger partial charge in [0.2, 0.25) is 0 Å². The number of ether oxygens (including phenoxy) is 2. The zero-order valence-electron chi connectivity index (χ0n) is 9.48. The quantitative estimate of drug-likeness (QED) is 0.658. The normalized spacial score (nSPS) is 10.0. The molecule has 0 saturated heterocycles. The maximum atomic E-state index is 8.66. The van der Waals surface area contributed by atoms with Crippen molar-refractivity contribution in [2.24, 2.45) is 0 Å². The second-order valence-corrected chi connectivity index (χ2v) is 3.33. The van der Waals surface area contributed by atoms with E-state index in [0.29, 0.717) is 25.5 Å². The van der Waals surface area contributed by atoms with Crippen LogP contribution in [0.25, 0.3) is 0 Å². The van der Waals surface area contributed by atoms with Crippen LogP contribution in [-0.2, 0) is 16.1 Å².